The summed E-state index contributed by atoms with van der Waals surface area (Å²) in [5.41, 5.74) is 7.34. The number of ether oxygens (including phenoxy) is 1. The van der Waals surface area contributed by atoms with Gasteiger partial charge in [-0.2, -0.15) is 0 Å². The molecule has 4 aliphatic rings. The standard InChI is InChI=1S/C29H51NO3/c1-17(2)8-7-9-18(3)21-10-11-22-25-23(13-15-28(21,22)5)29(6)14-12-20(33-19(4)31)16-24(29)26(30)27(25)32/h17-18,20-27,32H,7-16,30H2,1-6H3/t18-,20+,21-,22+,23+,24?,25+,26+,27+,28-,29-/m1/s1. The molecule has 3 N–H and O–H groups in total. The van der Waals surface area contributed by atoms with Gasteiger partial charge in [0.05, 0.1) is 6.10 Å². The van der Waals surface area contributed by atoms with Crippen LogP contribution in [0, 0.1) is 52.3 Å². The van der Waals surface area contributed by atoms with Crippen LogP contribution in [0.1, 0.15) is 106 Å². The van der Waals surface area contributed by atoms with Crippen molar-refractivity contribution in [3.8, 4) is 0 Å². The van der Waals surface area contributed by atoms with E-state index in [4.69, 9.17) is 10.5 Å². The van der Waals surface area contributed by atoms with Crippen molar-refractivity contribution in [3.05, 3.63) is 0 Å². The van der Waals surface area contributed by atoms with Crippen molar-refractivity contribution >= 4 is 5.97 Å². The van der Waals surface area contributed by atoms with E-state index < -0.39 is 6.10 Å². The number of carbonyl (C=O) groups excluding carboxylic acids is 1. The van der Waals surface area contributed by atoms with E-state index in [0.29, 0.717) is 23.2 Å². The smallest absolute Gasteiger partial charge is 0.302 e. The van der Waals surface area contributed by atoms with Gasteiger partial charge in [-0.25, -0.2) is 0 Å². The van der Waals surface area contributed by atoms with Gasteiger partial charge >= 0.3 is 5.97 Å². The molecular weight excluding hydrogens is 410 g/mol. The molecule has 190 valence electrons. The Morgan fingerprint density at radius 2 is 1.67 bits per heavy atom. The van der Waals surface area contributed by atoms with Gasteiger partial charge in [-0.15, -0.1) is 0 Å². The van der Waals surface area contributed by atoms with Gasteiger partial charge in [-0.3, -0.25) is 4.79 Å². The largest absolute Gasteiger partial charge is 0.463 e. The second kappa shape index (κ2) is 9.45. The summed E-state index contributed by atoms with van der Waals surface area (Å²) in [6, 6.07) is -0.209. The summed E-state index contributed by atoms with van der Waals surface area (Å²) in [6.07, 6.45) is 11.5. The second-order valence-corrected chi connectivity index (χ2v) is 13.5. The van der Waals surface area contributed by atoms with Crippen molar-refractivity contribution in [3.63, 3.8) is 0 Å². The zero-order valence-electron chi connectivity index (χ0n) is 22.2. The van der Waals surface area contributed by atoms with Gasteiger partial charge in [-0.05, 0) is 97.2 Å². The van der Waals surface area contributed by atoms with Gasteiger partial charge in [-0.1, -0.05) is 53.9 Å². The average molecular weight is 462 g/mol. The summed E-state index contributed by atoms with van der Waals surface area (Å²) >= 11 is 0. The number of aliphatic hydroxyl groups excluding tert-OH is 1. The third-order valence-electron chi connectivity index (χ3n) is 11.3. The van der Waals surface area contributed by atoms with Crippen LogP contribution in [0.3, 0.4) is 0 Å². The summed E-state index contributed by atoms with van der Waals surface area (Å²) in [6.45, 7) is 13.7. The molecule has 0 aromatic heterocycles. The fourth-order valence-electron chi connectivity index (χ4n) is 9.69. The van der Waals surface area contributed by atoms with Crippen LogP contribution in [-0.2, 0) is 9.53 Å². The molecular formula is C29H51NO3. The van der Waals surface area contributed by atoms with Crippen LogP contribution in [0.4, 0.5) is 0 Å². The summed E-state index contributed by atoms with van der Waals surface area (Å²) in [5, 5.41) is 11.7. The van der Waals surface area contributed by atoms with E-state index >= 15 is 0 Å². The van der Waals surface area contributed by atoms with Crippen molar-refractivity contribution in [2.75, 3.05) is 0 Å². The Balaban J connectivity index is 1.52. The maximum absolute atomic E-state index is 11.7. The third-order valence-corrected chi connectivity index (χ3v) is 11.3. The number of nitrogens with two attached hydrogens (primary N) is 1. The van der Waals surface area contributed by atoms with Crippen LogP contribution in [0.25, 0.3) is 0 Å². The zero-order chi connectivity index (χ0) is 24.1. The quantitative estimate of drug-likeness (QED) is 0.480. The second-order valence-electron chi connectivity index (χ2n) is 13.5. The average Bonchev–Trinajstić information content (AvgIpc) is 3.09. The predicted octanol–water partition coefficient (Wildman–Crippen LogP) is 5.95. The van der Waals surface area contributed by atoms with Gasteiger partial charge < -0.3 is 15.6 Å². The molecule has 33 heavy (non-hydrogen) atoms. The fraction of sp³-hybridized carbons (Fsp3) is 0.966. The lowest BCUT2D eigenvalue weighted by Crippen LogP contribution is -2.66. The summed E-state index contributed by atoms with van der Waals surface area (Å²) in [5.74, 6) is 3.86. The molecule has 4 nitrogen and oxygen atoms in total. The maximum atomic E-state index is 11.7. The van der Waals surface area contributed by atoms with Crippen molar-refractivity contribution in [1.82, 2.24) is 0 Å². The molecule has 0 amide bonds. The molecule has 1 unspecified atom stereocenters. The Morgan fingerprint density at radius 1 is 1.00 bits per heavy atom. The number of aliphatic hydroxyl groups is 1. The number of esters is 1. The molecule has 4 rings (SSSR count). The van der Waals surface area contributed by atoms with Gasteiger partial charge in [0.1, 0.15) is 6.10 Å². The zero-order valence-corrected chi connectivity index (χ0v) is 22.2. The Kier molecular flexibility index (Phi) is 7.30. The summed E-state index contributed by atoms with van der Waals surface area (Å²) in [4.78, 5) is 11.6. The summed E-state index contributed by atoms with van der Waals surface area (Å²) < 4.78 is 5.60. The Hall–Kier alpha value is -0.610. The van der Waals surface area contributed by atoms with Crippen LogP contribution in [0.2, 0.25) is 0 Å². The number of carbonyl (C=O) groups is 1. The minimum atomic E-state index is -0.427. The molecule has 0 saturated heterocycles. The molecule has 4 saturated carbocycles. The van der Waals surface area contributed by atoms with Crippen LogP contribution in [0.5, 0.6) is 0 Å². The van der Waals surface area contributed by atoms with E-state index in [2.05, 4.69) is 34.6 Å². The van der Waals surface area contributed by atoms with Crippen LogP contribution < -0.4 is 5.73 Å². The van der Waals surface area contributed by atoms with E-state index in [1.54, 1.807) is 0 Å². The molecule has 4 heteroatoms. The highest BCUT2D eigenvalue weighted by Crippen LogP contribution is 2.68. The SMILES string of the molecule is CC(=O)O[C@H]1CC[C@@]2(C)C(C1)[C@H](N)[C@@H](O)[C@H]1[C@@H]3CC[C@H]([C@H](C)CCCC(C)C)[C@@]3(C)CC[C@@H]12. The minimum absolute atomic E-state index is 0.0354. The Bertz CT molecular complexity index is 709. The monoisotopic (exact) mass is 461 g/mol. The van der Waals surface area contributed by atoms with E-state index in [0.717, 1.165) is 37.0 Å². The first-order chi connectivity index (χ1) is 15.5. The number of fused-ring (bicyclic) bond motifs is 5. The number of hydrogen-bond acceptors (Lipinski definition) is 4. The minimum Gasteiger partial charge on any atom is -0.463 e. The number of rotatable bonds is 6. The van der Waals surface area contributed by atoms with Gasteiger partial charge in [0.25, 0.3) is 0 Å². The lowest BCUT2D eigenvalue weighted by atomic mass is 9.42. The Labute approximate surface area is 202 Å². The fourth-order valence-corrected chi connectivity index (χ4v) is 9.69. The topological polar surface area (TPSA) is 72.5 Å². The van der Waals surface area contributed by atoms with E-state index in [-0.39, 0.29) is 29.4 Å². The third kappa shape index (κ3) is 4.41. The first-order valence-electron chi connectivity index (χ1n) is 14.1. The first kappa shape index (κ1) is 25.5. The molecule has 4 aliphatic carbocycles. The maximum Gasteiger partial charge on any atom is 0.302 e. The van der Waals surface area contributed by atoms with Crippen molar-refractivity contribution in [1.29, 1.82) is 0 Å². The molecule has 0 radical (unpaired) electrons. The predicted molar refractivity (Wildman–Crippen MR) is 133 cm³/mol. The molecule has 0 aromatic rings. The van der Waals surface area contributed by atoms with Crippen LogP contribution >= 0.6 is 0 Å². The van der Waals surface area contributed by atoms with E-state index in [1.165, 1.54) is 51.9 Å². The molecule has 11 atom stereocenters. The molecule has 4 fully saturated rings. The lowest BCUT2D eigenvalue weighted by molar-refractivity contribution is -0.189. The van der Waals surface area contributed by atoms with Crippen LogP contribution in [-0.4, -0.2) is 29.3 Å². The van der Waals surface area contributed by atoms with Crippen molar-refractivity contribution < 1.29 is 14.6 Å². The highest BCUT2D eigenvalue weighted by molar-refractivity contribution is 5.66. The highest BCUT2D eigenvalue weighted by atomic mass is 16.5. The van der Waals surface area contributed by atoms with E-state index in [1.807, 2.05) is 0 Å². The van der Waals surface area contributed by atoms with Gasteiger partial charge in [0.2, 0.25) is 0 Å². The molecule has 0 aromatic carbocycles. The Morgan fingerprint density at radius 3 is 2.33 bits per heavy atom. The van der Waals surface area contributed by atoms with Crippen molar-refractivity contribution in [2.45, 2.75) is 124 Å². The summed E-state index contributed by atoms with van der Waals surface area (Å²) in [7, 11) is 0. The molecule has 0 heterocycles. The normalized spacial score (nSPS) is 48.0. The molecule has 0 spiro atoms. The number of hydrogen-bond donors (Lipinski definition) is 2. The first-order valence-corrected chi connectivity index (χ1v) is 14.1. The highest BCUT2D eigenvalue weighted by Gasteiger charge is 2.64. The van der Waals surface area contributed by atoms with E-state index in [9.17, 15) is 9.90 Å². The lowest BCUT2D eigenvalue weighted by Gasteiger charge is -2.64. The van der Waals surface area contributed by atoms with Gasteiger partial charge in [0.15, 0.2) is 0 Å². The van der Waals surface area contributed by atoms with Crippen molar-refractivity contribution in [2.24, 2.45) is 58.0 Å². The van der Waals surface area contributed by atoms with Crippen LogP contribution in [0.15, 0.2) is 0 Å². The molecule has 0 bridgehead atoms. The van der Waals surface area contributed by atoms with Gasteiger partial charge in [0, 0.05) is 13.0 Å². The molecule has 0 aliphatic heterocycles.